The predicted octanol–water partition coefficient (Wildman–Crippen LogP) is 3.11. The minimum atomic E-state index is -0.618. The SMILES string of the molecule is COc1ccc2c(c1)CC(NC[C@H](O)COc1ccc(F)cc1)CCC2. The molecule has 0 heterocycles. The largest absolute Gasteiger partial charge is 0.497 e. The van der Waals surface area contributed by atoms with E-state index in [-0.39, 0.29) is 12.4 Å². The average molecular weight is 359 g/mol. The summed E-state index contributed by atoms with van der Waals surface area (Å²) in [5, 5.41) is 13.6. The van der Waals surface area contributed by atoms with Gasteiger partial charge in [-0.2, -0.15) is 0 Å². The molecule has 5 heteroatoms. The maximum Gasteiger partial charge on any atom is 0.123 e. The number of rotatable bonds is 7. The molecule has 2 N–H and O–H groups in total. The Bertz CT molecular complexity index is 705. The van der Waals surface area contributed by atoms with Gasteiger partial charge in [0.2, 0.25) is 0 Å². The number of hydrogen-bond donors (Lipinski definition) is 2. The maximum atomic E-state index is 12.9. The molecular weight excluding hydrogens is 333 g/mol. The molecule has 0 aromatic heterocycles. The zero-order valence-electron chi connectivity index (χ0n) is 15.1. The van der Waals surface area contributed by atoms with Crippen LogP contribution in [0.1, 0.15) is 24.0 Å². The number of ether oxygens (including phenoxy) is 2. The lowest BCUT2D eigenvalue weighted by atomic mass is 10.0. The molecule has 2 atom stereocenters. The van der Waals surface area contributed by atoms with Gasteiger partial charge in [-0.3, -0.25) is 0 Å². The van der Waals surface area contributed by atoms with Crippen LogP contribution in [0.2, 0.25) is 0 Å². The monoisotopic (exact) mass is 359 g/mol. The van der Waals surface area contributed by atoms with Crippen molar-refractivity contribution in [3.05, 3.63) is 59.4 Å². The number of methoxy groups -OCH3 is 1. The quantitative estimate of drug-likeness (QED) is 0.746. The second-order valence-corrected chi connectivity index (χ2v) is 6.75. The van der Waals surface area contributed by atoms with Crippen molar-refractivity contribution >= 4 is 0 Å². The number of nitrogens with one attached hydrogen (secondary N) is 1. The summed E-state index contributed by atoms with van der Waals surface area (Å²) in [7, 11) is 1.69. The van der Waals surface area contributed by atoms with E-state index in [4.69, 9.17) is 9.47 Å². The molecule has 3 rings (SSSR count). The topological polar surface area (TPSA) is 50.7 Å². The second-order valence-electron chi connectivity index (χ2n) is 6.75. The minimum absolute atomic E-state index is 0.176. The Morgan fingerprint density at radius 3 is 2.69 bits per heavy atom. The first-order valence-electron chi connectivity index (χ1n) is 9.09. The van der Waals surface area contributed by atoms with Crippen LogP contribution < -0.4 is 14.8 Å². The number of aryl methyl sites for hydroxylation is 1. The lowest BCUT2D eigenvalue weighted by molar-refractivity contribution is 0.103. The predicted molar refractivity (Wildman–Crippen MR) is 99.3 cm³/mol. The van der Waals surface area contributed by atoms with E-state index >= 15 is 0 Å². The molecule has 2 aromatic rings. The van der Waals surface area contributed by atoms with Crippen molar-refractivity contribution in [1.82, 2.24) is 5.32 Å². The van der Waals surface area contributed by atoms with E-state index in [9.17, 15) is 9.50 Å². The van der Waals surface area contributed by atoms with E-state index in [2.05, 4.69) is 17.4 Å². The Morgan fingerprint density at radius 1 is 1.15 bits per heavy atom. The Hall–Kier alpha value is -2.11. The molecule has 26 heavy (non-hydrogen) atoms. The molecule has 4 nitrogen and oxygen atoms in total. The summed E-state index contributed by atoms with van der Waals surface area (Å²) in [4.78, 5) is 0. The zero-order valence-corrected chi connectivity index (χ0v) is 15.1. The number of hydrogen-bond acceptors (Lipinski definition) is 4. The van der Waals surface area contributed by atoms with Gasteiger partial charge in [0.25, 0.3) is 0 Å². The van der Waals surface area contributed by atoms with Gasteiger partial charge in [0, 0.05) is 12.6 Å². The minimum Gasteiger partial charge on any atom is -0.497 e. The highest BCUT2D eigenvalue weighted by Gasteiger charge is 2.18. The highest BCUT2D eigenvalue weighted by atomic mass is 19.1. The first kappa shape index (κ1) is 18.7. The van der Waals surface area contributed by atoms with Gasteiger partial charge in [0.15, 0.2) is 0 Å². The number of halogens is 1. The van der Waals surface area contributed by atoms with Crippen molar-refractivity contribution in [2.24, 2.45) is 0 Å². The standard InChI is InChI=1S/C21H26FNO3/c1-25-21-8-5-15-3-2-4-18(11-16(15)12-21)23-13-19(24)14-26-20-9-6-17(22)7-10-20/h5-10,12,18-19,23-24H,2-4,11,13-14H2,1H3/t18?,19-/m0/s1. The Morgan fingerprint density at radius 2 is 1.92 bits per heavy atom. The Labute approximate surface area is 154 Å². The van der Waals surface area contributed by atoms with Crippen LogP contribution in [0.5, 0.6) is 11.5 Å². The summed E-state index contributed by atoms with van der Waals surface area (Å²) in [6, 6.07) is 12.4. The number of aliphatic hydroxyl groups is 1. The summed E-state index contributed by atoms with van der Waals surface area (Å²) in [5.41, 5.74) is 2.70. The molecule has 1 aliphatic rings. The van der Waals surface area contributed by atoms with Crippen molar-refractivity contribution in [1.29, 1.82) is 0 Å². The summed E-state index contributed by atoms with van der Waals surface area (Å²) in [6.45, 7) is 0.640. The molecule has 0 aliphatic heterocycles. The normalized spacial score (nSPS) is 17.9. The van der Waals surface area contributed by atoms with Crippen LogP contribution in [0.3, 0.4) is 0 Å². The second kappa shape index (κ2) is 9.01. The number of fused-ring (bicyclic) bond motifs is 1. The van der Waals surface area contributed by atoms with E-state index in [0.717, 1.165) is 31.4 Å². The van der Waals surface area contributed by atoms with E-state index in [1.54, 1.807) is 19.2 Å². The molecule has 0 amide bonds. The molecule has 0 spiro atoms. The van der Waals surface area contributed by atoms with E-state index < -0.39 is 6.10 Å². The first-order chi connectivity index (χ1) is 12.6. The number of aliphatic hydroxyl groups excluding tert-OH is 1. The molecular formula is C21H26FNO3. The van der Waals surface area contributed by atoms with Crippen LogP contribution in [-0.4, -0.2) is 37.5 Å². The molecule has 1 aliphatic carbocycles. The lowest BCUT2D eigenvalue weighted by Crippen LogP contribution is -2.39. The molecule has 2 aromatic carbocycles. The van der Waals surface area contributed by atoms with E-state index in [0.29, 0.717) is 18.3 Å². The van der Waals surface area contributed by atoms with Crippen LogP contribution in [0, 0.1) is 5.82 Å². The van der Waals surface area contributed by atoms with Crippen LogP contribution in [-0.2, 0) is 12.8 Å². The molecule has 0 radical (unpaired) electrons. The third kappa shape index (κ3) is 5.19. The molecule has 0 saturated carbocycles. The van der Waals surface area contributed by atoms with Gasteiger partial charge >= 0.3 is 0 Å². The van der Waals surface area contributed by atoms with Gasteiger partial charge in [-0.25, -0.2) is 4.39 Å². The fourth-order valence-corrected chi connectivity index (χ4v) is 3.33. The Balaban J connectivity index is 1.48. The molecule has 0 saturated heterocycles. The molecule has 140 valence electrons. The first-order valence-corrected chi connectivity index (χ1v) is 9.09. The van der Waals surface area contributed by atoms with Crippen LogP contribution in [0.15, 0.2) is 42.5 Å². The maximum absolute atomic E-state index is 12.9. The fraction of sp³-hybridized carbons (Fsp3) is 0.429. The third-order valence-corrected chi connectivity index (χ3v) is 4.78. The van der Waals surface area contributed by atoms with Crippen molar-refractivity contribution in [3.8, 4) is 11.5 Å². The zero-order chi connectivity index (χ0) is 18.4. The van der Waals surface area contributed by atoms with Crippen molar-refractivity contribution in [2.75, 3.05) is 20.3 Å². The van der Waals surface area contributed by atoms with Crippen LogP contribution >= 0.6 is 0 Å². The summed E-state index contributed by atoms with van der Waals surface area (Å²) < 4.78 is 23.7. The summed E-state index contributed by atoms with van der Waals surface area (Å²) >= 11 is 0. The molecule has 0 bridgehead atoms. The summed E-state index contributed by atoms with van der Waals surface area (Å²) in [6.07, 6.45) is 3.58. The van der Waals surface area contributed by atoms with Gasteiger partial charge in [0.05, 0.1) is 7.11 Å². The summed E-state index contributed by atoms with van der Waals surface area (Å²) in [5.74, 6) is 1.14. The van der Waals surface area contributed by atoms with Crippen molar-refractivity contribution in [3.63, 3.8) is 0 Å². The van der Waals surface area contributed by atoms with Gasteiger partial charge in [-0.15, -0.1) is 0 Å². The van der Waals surface area contributed by atoms with Crippen molar-refractivity contribution in [2.45, 2.75) is 37.8 Å². The van der Waals surface area contributed by atoms with Gasteiger partial charge in [-0.05, 0) is 73.2 Å². The fourth-order valence-electron chi connectivity index (χ4n) is 3.33. The van der Waals surface area contributed by atoms with E-state index in [1.165, 1.54) is 23.3 Å². The lowest BCUT2D eigenvalue weighted by Gasteiger charge is -2.20. The highest BCUT2D eigenvalue weighted by molar-refractivity contribution is 5.37. The number of benzene rings is 2. The Kier molecular flexibility index (Phi) is 6.47. The highest BCUT2D eigenvalue weighted by Crippen LogP contribution is 2.25. The molecule has 0 fully saturated rings. The smallest absolute Gasteiger partial charge is 0.123 e. The van der Waals surface area contributed by atoms with Crippen LogP contribution in [0.25, 0.3) is 0 Å². The van der Waals surface area contributed by atoms with Gasteiger partial charge in [0.1, 0.15) is 30.0 Å². The van der Waals surface area contributed by atoms with Gasteiger partial charge in [-0.1, -0.05) is 6.07 Å². The third-order valence-electron chi connectivity index (χ3n) is 4.78. The molecule has 1 unspecified atom stereocenters. The van der Waals surface area contributed by atoms with E-state index in [1.807, 2.05) is 6.07 Å². The van der Waals surface area contributed by atoms with Crippen molar-refractivity contribution < 1.29 is 19.0 Å². The van der Waals surface area contributed by atoms with Crippen LogP contribution in [0.4, 0.5) is 4.39 Å². The average Bonchev–Trinajstić information content (AvgIpc) is 2.87. The van der Waals surface area contributed by atoms with Gasteiger partial charge < -0.3 is 19.9 Å².